The van der Waals surface area contributed by atoms with Gasteiger partial charge in [-0.15, -0.1) is 0 Å². The van der Waals surface area contributed by atoms with Crippen LogP contribution in [-0.2, 0) is 0 Å². The lowest BCUT2D eigenvalue weighted by Crippen LogP contribution is -1.87. The van der Waals surface area contributed by atoms with Crippen molar-refractivity contribution in [1.82, 2.24) is 0 Å². The van der Waals surface area contributed by atoms with Gasteiger partial charge >= 0.3 is 0 Å². The fraction of sp³-hybridized carbons (Fsp3) is 0.733. The van der Waals surface area contributed by atoms with Crippen LogP contribution >= 0.6 is 0 Å². The average molecular weight is 226 g/mol. The molecule has 0 fully saturated rings. The SMILES string of the molecule is CC.CCCC/C(=C/C(C)=C(/O)CC)CC. The molecule has 0 rings (SSSR count). The fourth-order valence-corrected chi connectivity index (χ4v) is 1.42. The molecule has 0 saturated carbocycles. The molecule has 0 heterocycles. The van der Waals surface area contributed by atoms with E-state index >= 15 is 0 Å². The molecule has 0 amide bonds. The summed E-state index contributed by atoms with van der Waals surface area (Å²) in [6.07, 6.45) is 7.62. The smallest absolute Gasteiger partial charge is 0.0948 e. The molecule has 0 saturated heterocycles. The van der Waals surface area contributed by atoms with Gasteiger partial charge in [0.05, 0.1) is 5.76 Å². The number of unbranched alkanes of at least 4 members (excludes halogenated alkanes) is 1. The first kappa shape index (κ1) is 17.7. The van der Waals surface area contributed by atoms with Crippen LogP contribution in [0.25, 0.3) is 0 Å². The minimum atomic E-state index is 0.521. The molecule has 0 aromatic heterocycles. The monoisotopic (exact) mass is 226 g/mol. The molecular weight excluding hydrogens is 196 g/mol. The highest BCUT2D eigenvalue weighted by molar-refractivity contribution is 5.24. The van der Waals surface area contributed by atoms with Crippen molar-refractivity contribution in [2.24, 2.45) is 0 Å². The quantitative estimate of drug-likeness (QED) is 0.449. The zero-order valence-electron chi connectivity index (χ0n) is 12.1. The van der Waals surface area contributed by atoms with Crippen LogP contribution in [0.15, 0.2) is 23.0 Å². The van der Waals surface area contributed by atoms with E-state index in [4.69, 9.17) is 0 Å². The number of allylic oxidation sites excluding steroid dienone is 4. The number of rotatable bonds is 6. The van der Waals surface area contributed by atoms with Crippen LogP contribution in [0.4, 0.5) is 0 Å². The van der Waals surface area contributed by atoms with Crippen molar-refractivity contribution in [3.05, 3.63) is 23.0 Å². The molecule has 0 aliphatic heterocycles. The number of hydrogen-bond donors (Lipinski definition) is 1. The standard InChI is InChI=1S/C13H24O.C2H6/c1-5-8-9-12(6-2)10-11(4)13(14)7-3;1-2/h10,14H,5-9H2,1-4H3;1-2H3/b12-10+,13-11+;. The zero-order chi connectivity index (χ0) is 13.0. The molecule has 96 valence electrons. The normalized spacial score (nSPS) is 12.8. The molecule has 0 aliphatic carbocycles. The summed E-state index contributed by atoms with van der Waals surface area (Å²) in [5.74, 6) is 0.521. The van der Waals surface area contributed by atoms with Crippen LogP contribution < -0.4 is 0 Å². The highest BCUT2D eigenvalue weighted by atomic mass is 16.3. The van der Waals surface area contributed by atoms with Gasteiger partial charge < -0.3 is 5.11 Å². The summed E-state index contributed by atoms with van der Waals surface area (Å²) in [5, 5.41) is 9.53. The Balaban J connectivity index is 0. The Morgan fingerprint density at radius 2 is 1.62 bits per heavy atom. The van der Waals surface area contributed by atoms with Gasteiger partial charge in [0.25, 0.3) is 0 Å². The third-order valence-corrected chi connectivity index (χ3v) is 2.52. The van der Waals surface area contributed by atoms with Gasteiger partial charge in [-0.05, 0) is 31.8 Å². The topological polar surface area (TPSA) is 20.2 Å². The Labute approximate surface area is 102 Å². The number of hydrogen-bond acceptors (Lipinski definition) is 1. The van der Waals surface area contributed by atoms with Gasteiger partial charge in [-0.1, -0.05) is 52.7 Å². The van der Waals surface area contributed by atoms with Crippen molar-refractivity contribution in [2.45, 2.75) is 73.6 Å². The second kappa shape index (κ2) is 12.4. The van der Waals surface area contributed by atoms with E-state index in [-0.39, 0.29) is 0 Å². The van der Waals surface area contributed by atoms with Crippen LogP contribution in [0.1, 0.15) is 73.6 Å². The summed E-state index contributed by atoms with van der Waals surface area (Å²) in [6, 6.07) is 0. The van der Waals surface area contributed by atoms with Gasteiger partial charge in [0.15, 0.2) is 0 Å². The molecule has 0 bridgehead atoms. The summed E-state index contributed by atoms with van der Waals surface area (Å²) in [6.45, 7) is 12.3. The maximum absolute atomic E-state index is 9.53. The average Bonchev–Trinajstić information content (AvgIpc) is 2.35. The molecule has 16 heavy (non-hydrogen) atoms. The van der Waals surface area contributed by atoms with Gasteiger partial charge in [0.1, 0.15) is 0 Å². The summed E-state index contributed by atoms with van der Waals surface area (Å²) >= 11 is 0. The molecule has 0 aromatic rings. The Bertz CT molecular complexity index is 211. The molecule has 1 nitrogen and oxygen atoms in total. The predicted octanol–water partition coefficient (Wildman–Crippen LogP) is 5.78. The lowest BCUT2D eigenvalue weighted by Gasteiger charge is -2.05. The summed E-state index contributed by atoms with van der Waals surface area (Å²) in [4.78, 5) is 0. The molecule has 0 aromatic carbocycles. The van der Waals surface area contributed by atoms with Crippen molar-refractivity contribution in [3.63, 3.8) is 0 Å². The molecule has 0 radical (unpaired) electrons. The van der Waals surface area contributed by atoms with E-state index in [9.17, 15) is 5.11 Å². The van der Waals surface area contributed by atoms with Gasteiger partial charge in [-0.25, -0.2) is 0 Å². The van der Waals surface area contributed by atoms with E-state index in [1.54, 1.807) is 0 Å². The molecule has 0 unspecified atom stereocenters. The number of aliphatic hydroxyl groups excluding tert-OH is 1. The maximum Gasteiger partial charge on any atom is 0.0948 e. The lowest BCUT2D eigenvalue weighted by atomic mass is 10.0. The Morgan fingerprint density at radius 1 is 1.06 bits per heavy atom. The third kappa shape index (κ3) is 8.58. The van der Waals surface area contributed by atoms with E-state index in [2.05, 4.69) is 19.9 Å². The molecule has 0 aliphatic rings. The molecule has 1 N–H and O–H groups in total. The largest absolute Gasteiger partial charge is 0.512 e. The van der Waals surface area contributed by atoms with E-state index in [0.717, 1.165) is 18.4 Å². The van der Waals surface area contributed by atoms with Crippen molar-refractivity contribution in [1.29, 1.82) is 0 Å². The zero-order valence-corrected chi connectivity index (χ0v) is 12.1. The van der Waals surface area contributed by atoms with Crippen LogP contribution in [0, 0.1) is 0 Å². The molecule has 0 spiro atoms. The van der Waals surface area contributed by atoms with Crippen LogP contribution in [-0.4, -0.2) is 5.11 Å². The molecule has 1 heteroatoms. The maximum atomic E-state index is 9.53. The van der Waals surface area contributed by atoms with Crippen molar-refractivity contribution >= 4 is 0 Å². The first-order valence-electron chi connectivity index (χ1n) is 6.73. The highest BCUT2D eigenvalue weighted by Gasteiger charge is 1.98. The first-order valence-corrected chi connectivity index (χ1v) is 6.73. The van der Waals surface area contributed by atoms with Crippen LogP contribution in [0.5, 0.6) is 0 Å². The third-order valence-electron chi connectivity index (χ3n) is 2.52. The minimum Gasteiger partial charge on any atom is -0.512 e. The van der Waals surface area contributed by atoms with E-state index in [0.29, 0.717) is 5.76 Å². The van der Waals surface area contributed by atoms with Gasteiger partial charge in [-0.2, -0.15) is 0 Å². The first-order chi connectivity index (χ1) is 7.65. The van der Waals surface area contributed by atoms with Crippen molar-refractivity contribution in [3.8, 4) is 0 Å². The molecular formula is C15H30O. The van der Waals surface area contributed by atoms with Crippen molar-refractivity contribution in [2.75, 3.05) is 0 Å². The second-order valence-corrected chi connectivity index (χ2v) is 3.74. The Morgan fingerprint density at radius 3 is 2.00 bits per heavy atom. The Kier molecular flexibility index (Phi) is 13.6. The van der Waals surface area contributed by atoms with Gasteiger partial charge in [0.2, 0.25) is 0 Å². The van der Waals surface area contributed by atoms with E-state index < -0.39 is 0 Å². The van der Waals surface area contributed by atoms with Crippen LogP contribution in [0.2, 0.25) is 0 Å². The summed E-state index contributed by atoms with van der Waals surface area (Å²) < 4.78 is 0. The molecule has 0 atom stereocenters. The Hall–Kier alpha value is -0.720. The number of aliphatic hydroxyl groups is 1. The lowest BCUT2D eigenvalue weighted by molar-refractivity contribution is 0.389. The predicted molar refractivity (Wildman–Crippen MR) is 74.9 cm³/mol. The minimum absolute atomic E-state index is 0.521. The van der Waals surface area contributed by atoms with Crippen molar-refractivity contribution < 1.29 is 5.11 Å². The van der Waals surface area contributed by atoms with Crippen LogP contribution in [0.3, 0.4) is 0 Å². The second-order valence-electron chi connectivity index (χ2n) is 3.74. The van der Waals surface area contributed by atoms with Gasteiger partial charge in [-0.3, -0.25) is 0 Å². The highest BCUT2D eigenvalue weighted by Crippen LogP contribution is 2.16. The summed E-state index contributed by atoms with van der Waals surface area (Å²) in [5.41, 5.74) is 2.48. The fourth-order valence-electron chi connectivity index (χ4n) is 1.42. The van der Waals surface area contributed by atoms with Gasteiger partial charge in [0, 0.05) is 6.42 Å². The van der Waals surface area contributed by atoms with E-state index in [1.165, 1.54) is 24.8 Å². The summed E-state index contributed by atoms with van der Waals surface area (Å²) in [7, 11) is 0. The van der Waals surface area contributed by atoms with E-state index in [1.807, 2.05) is 27.7 Å².